The minimum Gasteiger partial charge on any atom is -0.306 e. The predicted molar refractivity (Wildman–Crippen MR) is 541 cm³/mol. The first-order chi connectivity index (χ1) is 60.6. The summed E-state index contributed by atoms with van der Waals surface area (Å²) in [6.07, 6.45) is 40.1. The van der Waals surface area contributed by atoms with Crippen molar-refractivity contribution in [3.8, 4) is 40.4 Å². The monoisotopic (exact) mass is 1780 g/mol. The van der Waals surface area contributed by atoms with Crippen molar-refractivity contribution in [2.45, 2.75) is 328 Å². The maximum absolute atomic E-state index is 16.2. The molecule has 3 aromatic carbocycles. The fourth-order valence-electron chi connectivity index (χ4n) is 19.9. The standard InChI is InChI=1S/C110H146N4O4S6/c1-15-29-37-39-47-79-49-53-81(54-50-79)87-57-61-91(119-87)101-97-99(109(117)111(101)69-75(25-11)43-33-19-5)103(113(107(97)115)71-77(27-13)45-35-21-7)93-63-59-89(121-93)95-67-85-83(65-73(23-9)41-31-17-3)106-86(84(105(85)123-95)66-74(24-10)42-32-18-4)68-96(124-106)90-60-64-94(122-90)104-100-98(108(116)114(104)72-78(28-14)46-36-22-8)102(112(110(100)118)70-76(26-12)44-34-20-6)92-62-58-88(120-92)82-55-51-80(52-56-82)48-40-38-30-16-2/h49-64,67-68,73-78H,15-48,65-66,69-72H2,1-14H3. The van der Waals surface area contributed by atoms with Crippen LogP contribution in [0, 0.1) is 35.5 Å². The Labute approximate surface area is 770 Å². The molecule has 4 aliphatic heterocycles. The van der Waals surface area contributed by atoms with E-state index in [0.29, 0.717) is 72.1 Å². The maximum atomic E-state index is 16.2. The third-order valence-electron chi connectivity index (χ3n) is 28.0. The average molecular weight is 1780 g/mol. The van der Waals surface area contributed by atoms with Crippen molar-refractivity contribution in [1.29, 1.82) is 0 Å². The summed E-state index contributed by atoms with van der Waals surface area (Å²) in [5, 5.41) is 2.75. The van der Waals surface area contributed by atoms with Crippen molar-refractivity contribution in [2.24, 2.45) is 35.5 Å². The number of hydrogen-bond acceptors (Lipinski definition) is 10. The molecule has 0 radical (unpaired) electrons. The van der Waals surface area contributed by atoms with Gasteiger partial charge in [-0.1, -0.05) is 312 Å². The Balaban J connectivity index is 0.946. The molecular formula is C110H146N4O4S6. The zero-order valence-corrected chi connectivity index (χ0v) is 82.9. The van der Waals surface area contributed by atoms with Gasteiger partial charge in [0.2, 0.25) is 0 Å². The number of benzene rings is 3. The molecule has 0 saturated heterocycles. The van der Waals surface area contributed by atoms with Crippen LogP contribution in [0.2, 0.25) is 0 Å². The number of unbranched alkanes of at least 4 members (excludes halogenated alkanes) is 12. The number of carbonyl (C=O) groups excluding carboxylic acids is 4. The van der Waals surface area contributed by atoms with Crippen molar-refractivity contribution >= 4 is 135 Å². The van der Waals surface area contributed by atoms with Crippen LogP contribution in [0.25, 0.3) is 83.4 Å². The summed E-state index contributed by atoms with van der Waals surface area (Å²) in [5.41, 5.74) is 13.6. The molecule has 6 atom stereocenters. The number of nitrogens with zero attached hydrogens (tertiary/aromatic N) is 4. The Kier molecular flexibility index (Phi) is 35.1. The van der Waals surface area contributed by atoms with E-state index in [2.05, 4.69) is 226 Å². The van der Waals surface area contributed by atoms with Gasteiger partial charge >= 0.3 is 0 Å². The second kappa shape index (κ2) is 46.0. The first-order valence-electron chi connectivity index (χ1n) is 49.4. The lowest BCUT2D eigenvalue weighted by Crippen LogP contribution is -2.34. The smallest absolute Gasteiger partial charge is 0.261 e. The minimum atomic E-state index is -0.0277. The molecule has 8 nitrogen and oxygen atoms in total. The SMILES string of the molecule is CCCCCCc1ccc(-c2ccc(C3=C4C(=O)N(CC(CC)CCCC)C(c5ccc(-c6cc7c(CC(CC)CCCC)c8sc(-c9ccc(C%10=C%11C(=O)N(CC(CC)CCCC)C(c%12ccc(-c%13ccc(CCCCCC)cc%13)s%12)=C%11C(=O)N%10CC(CC)CCCC)s9)cc8c(CC(CC)CCCC)c7s6)s5)=C4C(=O)N3CC(CC)CCCC)s2)cc1. The van der Waals surface area contributed by atoms with Crippen LogP contribution in [0.4, 0.5) is 0 Å². The maximum Gasteiger partial charge on any atom is 0.261 e. The highest BCUT2D eigenvalue weighted by Crippen LogP contribution is 2.56. The van der Waals surface area contributed by atoms with E-state index in [1.807, 2.05) is 22.7 Å². The highest BCUT2D eigenvalue weighted by Gasteiger charge is 2.52. The van der Waals surface area contributed by atoms with Gasteiger partial charge in [0.1, 0.15) is 0 Å². The molecule has 6 aromatic heterocycles. The summed E-state index contributed by atoms with van der Waals surface area (Å²) in [4.78, 5) is 84.2. The quantitative estimate of drug-likeness (QED) is 0.0356. The zero-order valence-electron chi connectivity index (χ0n) is 78.0. The molecule has 0 saturated carbocycles. The summed E-state index contributed by atoms with van der Waals surface area (Å²) in [5.74, 6) is 2.07. The van der Waals surface area contributed by atoms with Gasteiger partial charge in [0.15, 0.2) is 0 Å². The molecule has 0 N–H and O–H groups in total. The topological polar surface area (TPSA) is 81.2 Å². The number of amides is 4. The Hall–Kier alpha value is -6.78. The van der Waals surface area contributed by atoms with Gasteiger partial charge in [-0.05, 0) is 205 Å². The molecule has 0 fully saturated rings. The summed E-state index contributed by atoms with van der Waals surface area (Å²) in [6.45, 7) is 34.5. The van der Waals surface area contributed by atoms with E-state index in [-0.39, 0.29) is 35.5 Å². The van der Waals surface area contributed by atoms with Crippen LogP contribution in [-0.4, -0.2) is 69.4 Å². The van der Waals surface area contributed by atoms with Gasteiger partial charge in [0.05, 0.1) is 64.6 Å². The molecule has 6 unspecified atom stereocenters. The second-order valence-corrected chi connectivity index (χ2v) is 43.2. The summed E-state index contributed by atoms with van der Waals surface area (Å²) < 4.78 is 2.79. The third kappa shape index (κ3) is 21.4. The predicted octanol–water partition coefficient (Wildman–Crippen LogP) is 33.3. The van der Waals surface area contributed by atoms with E-state index < -0.39 is 0 Å². The van der Waals surface area contributed by atoms with E-state index in [1.54, 1.807) is 45.3 Å². The van der Waals surface area contributed by atoms with E-state index in [4.69, 9.17) is 0 Å². The largest absolute Gasteiger partial charge is 0.306 e. The van der Waals surface area contributed by atoms with Crippen LogP contribution in [0.5, 0.6) is 0 Å². The van der Waals surface area contributed by atoms with Gasteiger partial charge < -0.3 is 19.6 Å². The van der Waals surface area contributed by atoms with Crippen LogP contribution < -0.4 is 0 Å². The van der Waals surface area contributed by atoms with Gasteiger partial charge in [0, 0.05) is 64.8 Å². The van der Waals surface area contributed by atoms with Crippen molar-refractivity contribution in [3.63, 3.8) is 0 Å². The van der Waals surface area contributed by atoms with Crippen molar-refractivity contribution < 1.29 is 19.2 Å². The van der Waals surface area contributed by atoms with Gasteiger partial charge in [-0.15, -0.1) is 68.0 Å². The number of hydrogen-bond donors (Lipinski definition) is 0. The summed E-state index contributed by atoms with van der Waals surface area (Å²) in [6, 6.07) is 41.4. The van der Waals surface area contributed by atoms with Crippen LogP contribution in [0.15, 0.2) is 131 Å². The molecule has 0 bridgehead atoms. The van der Waals surface area contributed by atoms with Crippen molar-refractivity contribution in [1.82, 2.24) is 19.6 Å². The fourth-order valence-corrected chi connectivity index (χ4v) is 26.8. The highest BCUT2D eigenvalue weighted by molar-refractivity contribution is 7.28. The first-order valence-corrected chi connectivity index (χ1v) is 54.3. The van der Waals surface area contributed by atoms with Gasteiger partial charge in [-0.25, -0.2) is 0 Å². The second-order valence-electron chi connectivity index (χ2n) is 36.8. The van der Waals surface area contributed by atoms with Crippen molar-refractivity contribution in [2.75, 3.05) is 26.2 Å². The molecule has 666 valence electrons. The number of rotatable bonds is 54. The molecule has 14 heteroatoms. The lowest BCUT2D eigenvalue weighted by Gasteiger charge is -2.29. The Morgan fingerprint density at radius 3 is 0.766 bits per heavy atom. The normalized spacial score (nSPS) is 16.0. The van der Waals surface area contributed by atoms with Gasteiger partial charge in [0.25, 0.3) is 23.6 Å². The number of thiophene rings is 6. The molecule has 13 rings (SSSR count). The van der Waals surface area contributed by atoms with E-state index in [0.717, 1.165) is 206 Å². The Bertz CT molecular complexity index is 4820. The Morgan fingerprint density at radius 1 is 0.250 bits per heavy atom. The van der Waals surface area contributed by atoms with Gasteiger partial charge in [-0.2, -0.15) is 0 Å². The summed E-state index contributed by atoms with van der Waals surface area (Å²) >= 11 is 10.9. The highest BCUT2D eigenvalue weighted by atomic mass is 32.1. The summed E-state index contributed by atoms with van der Waals surface area (Å²) in [7, 11) is 0. The van der Waals surface area contributed by atoms with E-state index >= 15 is 19.2 Å². The minimum absolute atomic E-state index is 0.0277. The van der Waals surface area contributed by atoms with Crippen LogP contribution in [-0.2, 0) is 44.9 Å². The first kappa shape index (κ1) is 94.8. The Morgan fingerprint density at radius 2 is 0.500 bits per heavy atom. The average Bonchev–Trinajstić information content (AvgIpc) is 1.56. The van der Waals surface area contributed by atoms with Crippen LogP contribution in [0.1, 0.15) is 344 Å². The number of fused-ring (bicyclic) bond motifs is 4. The van der Waals surface area contributed by atoms with E-state index in [1.165, 1.54) is 150 Å². The number of aryl methyl sites for hydroxylation is 2. The molecule has 4 amide bonds. The van der Waals surface area contributed by atoms with Crippen molar-refractivity contribution in [3.05, 3.63) is 173 Å². The van der Waals surface area contributed by atoms with Crippen LogP contribution in [0.3, 0.4) is 0 Å². The third-order valence-corrected chi connectivity index (χ3v) is 35.2. The number of carbonyl (C=O) groups is 4. The molecule has 4 aliphatic rings. The fraction of sp³-hybridized carbons (Fsp3) is 0.545. The van der Waals surface area contributed by atoms with E-state index in [9.17, 15) is 0 Å². The van der Waals surface area contributed by atoms with Crippen LogP contribution >= 0.6 is 68.0 Å². The molecule has 124 heavy (non-hydrogen) atoms. The molecule has 0 spiro atoms. The molecule has 10 heterocycles. The lowest BCUT2D eigenvalue weighted by atomic mass is 9.86. The lowest BCUT2D eigenvalue weighted by molar-refractivity contribution is -0.124. The molecule has 0 aliphatic carbocycles. The molecular weight excluding hydrogens is 1630 g/mol. The molecule has 9 aromatic rings. The van der Waals surface area contributed by atoms with Gasteiger partial charge in [-0.3, -0.25) is 19.2 Å². The zero-order chi connectivity index (χ0) is 87.5.